The molecule has 1 aromatic rings. The maximum absolute atomic E-state index is 7.77. The molecular formula is C10H14IN3O2. The van der Waals surface area contributed by atoms with Gasteiger partial charge in [-0.1, -0.05) is 0 Å². The number of amidine groups is 1. The van der Waals surface area contributed by atoms with E-state index < -0.39 is 0 Å². The second-order valence-corrected chi connectivity index (χ2v) is 3.51. The molecule has 0 radical (unpaired) electrons. The Labute approximate surface area is 109 Å². The van der Waals surface area contributed by atoms with Gasteiger partial charge in [0.15, 0.2) is 11.5 Å². The topological polar surface area (TPSA) is 66.4 Å². The lowest BCUT2D eigenvalue weighted by atomic mass is 10.1. The van der Waals surface area contributed by atoms with Crippen LogP contribution in [0, 0.1) is 5.41 Å². The van der Waals surface area contributed by atoms with E-state index in [0.29, 0.717) is 17.3 Å². The summed E-state index contributed by atoms with van der Waals surface area (Å²) in [6.07, 6.45) is 0. The third kappa shape index (κ3) is 2.49. The van der Waals surface area contributed by atoms with Crippen molar-refractivity contribution in [3.8, 4) is 11.5 Å². The molecule has 0 aliphatic carbocycles. The van der Waals surface area contributed by atoms with Gasteiger partial charge in [-0.2, -0.15) is 0 Å². The van der Waals surface area contributed by atoms with Crippen molar-refractivity contribution in [3.05, 3.63) is 17.7 Å². The Morgan fingerprint density at radius 2 is 1.81 bits per heavy atom. The molecular weight excluding hydrogens is 321 g/mol. The molecule has 0 atom stereocenters. The number of rotatable bonds is 4. The molecule has 0 aromatic heterocycles. The fourth-order valence-corrected chi connectivity index (χ4v) is 1.74. The summed E-state index contributed by atoms with van der Waals surface area (Å²) >= 11 is 2.01. The fraction of sp³-hybridized carbons (Fsp3) is 0.300. The van der Waals surface area contributed by atoms with Crippen molar-refractivity contribution in [1.82, 2.24) is 5.32 Å². The molecule has 0 saturated carbocycles. The smallest absolute Gasteiger partial charge is 0.162 e. The first kappa shape index (κ1) is 12.9. The summed E-state index contributed by atoms with van der Waals surface area (Å²) in [4.78, 5) is 0. The van der Waals surface area contributed by atoms with Crippen molar-refractivity contribution in [1.29, 1.82) is 5.41 Å². The third-order valence-corrected chi connectivity index (χ3v) is 2.73. The van der Waals surface area contributed by atoms with Gasteiger partial charge in [0.25, 0.3) is 0 Å². The molecule has 88 valence electrons. The van der Waals surface area contributed by atoms with Crippen LogP contribution >= 0.6 is 22.9 Å². The van der Waals surface area contributed by atoms with Crippen LogP contribution in [-0.4, -0.2) is 27.1 Å². The zero-order valence-electron chi connectivity index (χ0n) is 9.35. The van der Waals surface area contributed by atoms with Crippen molar-refractivity contribution in [2.75, 3.05) is 24.8 Å². The molecule has 5 nitrogen and oxygen atoms in total. The van der Waals surface area contributed by atoms with Gasteiger partial charge in [0.1, 0.15) is 5.84 Å². The second kappa shape index (κ2) is 5.78. The summed E-state index contributed by atoms with van der Waals surface area (Å²) in [5.74, 6) is 1.56. The molecule has 0 heterocycles. The Hall–Kier alpha value is -1.18. The number of methoxy groups -OCH3 is 2. The van der Waals surface area contributed by atoms with Gasteiger partial charge in [-0.15, -0.1) is 0 Å². The molecule has 1 aromatic carbocycles. The minimum absolute atomic E-state index is 0.320. The minimum Gasteiger partial charge on any atom is -0.493 e. The number of nitrogens with one attached hydrogen (secondary N) is 3. The van der Waals surface area contributed by atoms with Crippen LogP contribution in [0.1, 0.15) is 5.56 Å². The SMILES string of the molecule is CNC(=N)c1cc(OC)c(OC)cc1NI. The number of ether oxygens (including phenoxy) is 2. The third-order valence-electron chi connectivity index (χ3n) is 2.14. The van der Waals surface area contributed by atoms with Gasteiger partial charge < -0.3 is 18.3 Å². The lowest BCUT2D eigenvalue weighted by Gasteiger charge is -2.14. The Morgan fingerprint density at radius 1 is 1.25 bits per heavy atom. The molecule has 0 aliphatic rings. The summed E-state index contributed by atoms with van der Waals surface area (Å²) in [7, 11) is 4.86. The Morgan fingerprint density at radius 3 is 2.25 bits per heavy atom. The number of halogens is 1. The molecule has 0 unspecified atom stereocenters. The standard InChI is InChI=1S/C10H14IN3O2/c1-13-10(12)6-4-8(15-2)9(16-3)5-7(6)14-11/h4-5,14H,1-3H3,(H2,12,13). The van der Waals surface area contributed by atoms with Crippen LogP contribution in [0.15, 0.2) is 12.1 Å². The van der Waals surface area contributed by atoms with Crippen LogP contribution in [0.2, 0.25) is 0 Å². The first-order valence-corrected chi connectivity index (χ1v) is 5.65. The monoisotopic (exact) mass is 335 g/mol. The Balaban J connectivity index is 3.31. The maximum Gasteiger partial charge on any atom is 0.162 e. The highest BCUT2D eigenvalue weighted by molar-refractivity contribution is 14.1. The highest BCUT2D eigenvalue weighted by Crippen LogP contribution is 2.33. The van der Waals surface area contributed by atoms with Crippen molar-refractivity contribution >= 4 is 34.4 Å². The van der Waals surface area contributed by atoms with Crippen molar-refractivity contribution < 1.29 is 9.47 Å². The number of hydrogen-bond donors (Lipinski definition) is 3. The fourth-order valence-electron chi connectivity index (χ4n) is 1.30. The zero-order valence-corrected chi connectivity index (χ0v) is 11.5. The van der Waals surface area contributed by atoms with E-state index in [4.69, 9.17) is 14.9 Å². The van der Waals surface area contributed by atoms with Crippen molar-refractivity contribution in [2.24, 2.45) is 0 Å². The molecule has 6 heteroatoms. The van der Waals surface area contributed by atoms with E-state index in [-0.39, 0.29) is 0 Å². The van der Waals surface area contributed by atoms with Gasteiger partial charge in [0.2, 0.25) is 0 Å². The summed E-state index contributed by atoms with van der Waals surface area (Å²) in [5.41, 5.74) is 1.53. The maximum atomic E-state index is 7.77. The number of hydrogen-bond acceptors (Lipinski definition) is 4. The lowest BCUT2D eigenvalue weighted by Crippen LogP contribution is -2.19. The van der Waals surface area contributed by atoms with Gasteiger partial charge in [-0.05, 0) is 6.07 Å². The molecule has 0 spiro atoms. The highest BCUT2D eigenvalue weighted by atomic mass is 127. The van der Waals surface area contributed by atoms with E-state index in [2.05, 4.69) is 8.85 Å². The van der Waals surface area contributed by atoms with Crippen LogP contribution < -0.4 is 18.3 Å². The first-order chi connectivity index (χ1) is 7.67. The minimum atomic E-state index is 0.320. The van der Waals surface area contributed by atoms with E-state index in [9.17, 15) is 0 Å². The van der Waals surface area contributed by atoms with Gasteiger partial charge in [-0.3, -0.25) is 5.41 Å². The molecule has 0 bridgehead atoms. The van der Waals surface area contributed by atoms with E-state index in [0.717, 1.165) is 11.3 Å². The van der Waals surface area contributed by atoms with Gasteiger partial charge >= 0.3 is 0 Å². The predicted octanol–water partition coefficient (Wildman–Crippen LogP) is 2.01. The molecule has 16 heavy (non-hydrogen) atoms. The van der Waals surface area contributed by atoms with Gasteiger partial charge in [0, 0.05) is 18.7 Å². The predicted molar refractivity (Wildman–Crippen MR) is 73.1 cm³/mol. The van der Waals surface area contributed by atoms with Crippen LogP contribution in [0.4, 0.5) is 5.69 Å². The molecule has 3 N–H and O–H groups in total. The van der Waals surface area contributed by atoms with Crippen LogP contribution in [-0.2, 0) is 0 Å². The molecule has 0 aliphatic heterocycles. The van der Waals surface area contributed by atoms with Crippen LogP contribution in [0.25, 0.3) is 0 Å². The van der Waals surface area contributed by atoms with Crippen molar-refractivity contribution in [2.45, 2.75) is 0 Å². The average molecular weight is 335 g/mol. The summed E-state index contributed by atoms with van der Waals surface area (Å²) in [5, 5.41) is 10.6. The average Bonchev–Trinajstić information content (AvgIpc) is 2.35. The van der Waals surface area contributed by atoms with Crippen LogP contribution in [0.5, 0.6) is 11.5 Å². The largest absolute Gasteiger partial charge is 0.493 e. The Bertz CT molecular complexity index is 396. The second-order valence-electron chi connectivity index (χ2n) is 2.97. The Kier molecular flexibility index (Phi) is 4.66. The van der Waals surface area contributed by atoms with E-state index in [1.165, 1.54) is 0 Å². The van der Waals surface area contributed by atoms with Gasteiger partial charge in [-0.25, -0.2) is 0 Å². The molecule has 1 rings (SSSR count). The van der Waals surface area contributed by atoms with Crippen LogP contribution in [0.3, 0.4) is 0 Å². The number of anilines is 1. The normalized spacial score (nSPS) is 9.50. The van der Waals surface area contributed by atoms with E-state index >= 15 is 0 Å². The van der Waals surface area contributed by atoms with E-state index in [1.807, 2.05) is 22.9 Å². The van der Waals surface area contributed by atoms with E-state index in [1.54, 1.807) is 33.4 Å². The highest BCUT2D eigenvalue weighted by Gasteiger charge is 2.13. The molecule has 0 amide bonds. The quantitative estimate of drug-likeness (QED) is 0.341. The number of benzene rings is 1. The summed E-state index contributed by atoms with van der Waals surface area (Å²) in [6, 6.07) is 3.56. The summed E-state index contributed by atoms with van der Waals surface area (Å²) in [6.45, 7) is 0. The summed E-state index contributed by atoms with van der Waals surface area (Å²) < 4.78 is 13.4. The first-order valence-electron chi connectivity index (χ1n) is 4.57. The lowest BCUT2D eigenvalue weighted by molar-refractivity contribution is 0.355. The molecule has 0 saturated heterocycles. The molecule has 0 fully saturated rings. The van der Waals surface area contributed by atoms with Crippen molar-refractivity contribution in [3.63, 3.8) is 0 Å². The zero-order chi connectivity index (χ0) is 12.1. The van der Waals surface area contributed by atoms with Gasteiger partial charge in [0.05, 0.1) is 42.8 Å².